The zero-order valence-corrected chi connectivity index (χ0v) is 18.0. The highest BCUT2D eigenvalue weighted by Gasteiger charge is 2.19. The first kappa shape index (κ1) is 20.2. The number of rotatable bonds is 6. The van der Waals surface area contributed by atoms with Crippen molar-refractivity contribution < 1.29 is 4.79 Å². The maximum Gasteiger partial charge on any atom is 0.251 e. The summed E-state index contributed by atoms with van der Waals surface area (Å²) < 4.78 is 2.37. The highest BCUT2D eigenvalue weighted by molar-refractivity contribution is 5.94. The fourth-order valence-corrected chi connectivity index (χ4v) is 5.13. The number of carbonyl (C=O) groups is 1. The lowest BCUT2D eigenvalue weighted by atomic mass is 9.94. The van der Waals surface area contributed by atoms with Gasteiger partial charge in [-0.1, -0.05) is 19.3 Å². The molecule has 4 rings (SSSR count). The molecule has 0 radical (unpaired) electrons. The van der Waals surface area contributed by atoms with E-state index in [9.17, 15) is 4.79 Å². The number of likely N-dealkylation sites (N-methyl/N-ethyl adjacent to an activating group) is 1. The summed E-state index contributed by atoms with van der Waals surface area (Å²) >= 11 is 0. The van der Waals surface area contributed by atoms with Gasteiger partial charge in [0.1, 0.15) is 0 Å². The standard InChI is InChI=1S/C25H35N3O/c1-19-18-21-8-6-7-11-24(21)28(19)23-14-12-20(13-15-23)25(29)26-16-17-27(2)22-9-4-3-5-10-22/h12-15,18,22H,3-11,16-17H2,1-2H3,(H,26,29). The minimum Gasteiger partial charge on any atom is -0.351 e. The van der Waals surface area contributed by atoms with Crippen molar-refractivity contribution in [3.8, 4) is 5.69 Å². The van der Waals surface area contributed by atoms with Gasteiger partial charge in [-0.05, 0) is 88.4 Å². The molecule has 1 aromatic carbocycles. The fourth-order valence-electron chi connectivity index (χ4n) is 5.13. The Labute approximate surface area is 175 Å². The van der Waals surface area contributed by atoms with Crippen molar-refractivity contribution in [1.82, 2.24) is 14.8 Å². The Balaban J connectivity index is 1.34. The molecule has 1 heterocycles. The molecule has 1 aromatic heterocycles. The smallest absolute Gasteiger partial charge is 0.251 e. The van der Waals surface area contributed by atoms with Crippen LogP contribution in [0.15, 0.2) is 30.3 Å². The minimum atomic E-state index is 0.0276. The van der Waals surface area contributed by atoms with E-state index in [1.54, 1.807) is 0 Å². The Morgan fingerprint density at radius 2 is 1.79 bits per heavy atom. The van der Waals surface area contributed by atoms with Crippen LogP contribution in [-0.4, -0.2) is 41.6 Å². The Hall–Kier alpha value is -2.07. The zero-order chi connectivity index (χ0) is 20.2. The number of hydrogen-bond donors (Lipinski definition) is 1. The molecular formula is C25H35N3O. The molecule has 29 heavy (non-hydrogen) atoms. The van der Waals surface area contributed by atoms with E-state index in [0.29, 0.717) is 12.6 Å². The second-order valence-corrected chi connectivity index (χ2v) is 8.88. The average molecular weight is 394 g/mol. The van der Waals surface area contributed by atoms with E-state index in [1.165, 1.54) is 74.0 Å². The van der Waals surface area contributed by atoms with Gasteiger partial charge in [-0.2, -0.15) is 0 Å². The number of aromatic nitrogens is 1. The van der Waals surface area contributed by atoms with Crippen LogP contribution in [0.25, 0.3) is 5.69 Å². The van der Waals surface area contributed by atoms with Gasteiger partial charge in [0.2, 0.25) is 0 Å². The van der Waals surface area contributed by atoms with Crippen LogP contribution in [0, 0.1) is 6.92 Å². The Morgan fingerprint density at radius 3 is 2.55 bits per heavy atom. The summed E-state index contributed by atoms with van der Waals surface area (Å²) in [7, 11) is 2.19. The third-order valence-corrected chi connectivity index (χ3v) is 6.82. The van der Waals surface area contributed by atoms with Crippen molar-refractivity contribution in [2.75, 3.05) is 20.1 Å². The van der Waals surface area contributed by atoms with Crippen LogP contribution in [0.1, 0.15) is 72.3 Å². The van der Waals surface area contributed by atoms with Gasteiger partial charge in [0, 0.05) is 41.8 Å². The Morgan fingerprint density at radius 1 is 1.07 bits per heavy atom. The van der Waals surface area contributed by atoms with Crippen molar-refractivity contribution in [1.29, 1.82) is 0 Å². The molecule has 2 aliphatic rings. The van der Waals surface area contributed by atoms with Gasteiger partial charge in [0.05, 0.1) is 0 Å². The normalized spacial score (nSPS) is 17.3. The molecule has 4 heteroatoms. The Bertz CT molecular complexity index is 830. The number of nitrogens with one attached hydrogen (secondary N) is 1. The van der Waals surface area contributed by atoms with E-state index >= 15 is 0 Å². The minimum absolute atomic E-state index is 0.0276. The van der Waals surface area contributed by atoms with Crippen LogP contribution in [-0.2, 0) is 12.8 Å². The average Bonchev–Trinajstić information content (AvgIpc) is 3.10. The van der Waals surface area contributed by atoms with E-state index in [-0.39, 0.29) is 5.91 Å². The number of nitrogens with zero attached hydrogens (tertiary/aromatic N) is 2. The third kappa shape index (κ3) is 4.58. The number of benzene rings is 1. The molecule has 4 nitrogen and oxygen atoms in total. The fraction of sp³-hybridized carbons (Fsp3) is 0.560. The number of hydrogen-bond acceptors (Lipinski definition) is 2. The van der Waals surface area contributed by atoms with Gasteiger partial charge >= 0.3 is 0 Å². The number of amides is 1. The number of carbonyl (C=O) groups excluding carboxylic acids is 1. The monoisotopic (exact) mass is 393 g/mol. The summed E-state index contributed by atoms with van der Waals surface area (Å²) in [5.74, 6) is 0.0276. The van der Waals surface area contributed by atoms with Crippen LogP contribution in [0.2, 0.25) is 0 Å². The lowest BCUT2D eigenvalue weighted by Crippen LogP contribution is -2.39. The third-order valence-electron chi connectivity index (χ3n) is 6.82. The molecule has 2 aromatic rings. The Kier molecular flexibility index (Phi) is 6.39. The van der Waals surface area contributed by atoms with E-state index < -0.39 is 0 Å². The molecule has 1 fully saturated rings. The quantitative estimate of drug-likeness (QED) is 0.775. The summed E-state index contributed by atoms with van der Waals surface area (Å²) in [4.78, 5) is 15.0. The van der Waals surface area contributed by atoms with E-state index in [4.69, 9.17) is 0 Å². The van der Waals surface area contributed by atoms with Crippen LogP contribution < -0.4 is 5.32 Å². The molecule has 0 unspecified atom stereocenters. The van der Waals surface area contributed by atoms with Crippen molar-refractivity contribution in [3.05, 3.63) is 52.8 Å². The second kappa shape index (κ2) is 9.17. The van der Waals surface area contributed by atoms with Gasteiger partial charge < -0.3 is 14.8 Å². The largest absolute Gasteiger partial charge is 0.351 e. The molecular weight excluding hydrogens is 358 g/mol. The molecule has 0 spiro atoms. The SMILES string of the molecule is Cc1cc2c(n1-c1ccc(C(=O)NCCN(C)C3CCCCC3)cc1)CCCC2. The van der Waals surface area contributed by atoms with Crippen molar-refractivity contribution >= 4 is 5.91 Å². The van der Waals surface area contributed by atoms with E-state index in [2.05, 4.69) is 47.0 Å². The molecule has 0 saturated heterocycles. The highest BCUT2D eigenvalue weighted by atomic mass is 16.1. The maximum atomic E-state index is 12.6. The number of aryl methyl sites for hydroxylation is 2. The van der Waals surface area contributed by atoms with Crippen molar-refractivity contribution in [3.63, 3.8) is 0 Å². The topological polar surface area (TPSA) is 37.3 Å². The molecule has 0 atom stereocenters. The molecule has 1 amide bonds. The maximum absolute atomic E-state index is 12.6. The molecule has 1 N–H and O–H groups in total. The summed E-state index contributed by atoms with van der Waals surface area (Å²) in [6, 6.07) is 11.1. The lowest BCUT2D eigenvalue weighted by Gasteiger charge is -2.31. The van der Waals surface area contributed by atoms with Crippen molar-refractivity contribution in [2.45, 2.75) is 70.8 Å². The second-order valence-electron chi connectivity index (χ2n) is 8.88. The van der Waals surface area contributed by atoms with Gasteiger partial charge in [-0.15, -0.1) is 0 Å². The van der Waals surface area contributed by atoms with Gasteiger partial charge in [0.25, 0.3) is 5.91 Å². The van der Waals surface area contributed by atoms with E-state index in [1.807, 2.05) is 12.1 Å². The zero-order valence-electron chi connectivity index (χ0n) is 18.0. The highest BCUT2D eigenvalue weighted by Crippen LogP contribution is 2.28. The van der Waals surface area contributed by atoms with E-state index in [0.717, 1.165) is 18.5 Å². The predicted molar refractivity (Wildman–Crippen MR) is 119 cm³/mol. The predicted octanol–water partition coefficient (Wildman–Crippen LogP) is 4.66. The first-order chi connectivity index (χ1) is 14.1. The van der Waals surface area contributed by atoms with Crippen molar-refractivity contribution in [2.24, 2.45) is 0 Å². The van der Waals surface area contributed by atoms with Crippen LogP contribution in [0.3, 0.4) is 0 Å². The van der Waals surface area contributed by atoms with Crippen LogP contribution in [0.4, 0.5) is 0 Å². The molecule has 1 saturated carbocycles. The summed E-state index contributed by atoms with van der Waals surface area (Å²) in [6.07, 6.45) is 11.6. The first-order valence-electron chi connectivity index (χ1n) is 11.4. The number of fused-ring (bicyclic) bond motifs is 1. The van der Waals surface area contributed by atoms with Crippen LogP contribution in [0.5, 0.6) is 0 Å². The van der Waals surface area contributed by atoms with Gasteiger partial charge in [0.15, 0.2) is 0 Å². The van der Waals surface area contributed by atoms with Gasteiger partial charge in [-0.3, -0.25) is 4.79 Å². The first-order valence-corrected chi connectivity index (χ1v) is 11.4. The molecule has 0 aliphatic heterocycles. The molecule has 2 aliphatic carbocycles. The van der Waals surface area contributed by atoms with Gasteiger partial charge in [-0.25, -0.2) is 0 Å². The summed E-state index contributed by atoms with van der Waals surface area (Å²) in [6.45, 7) is 3.81. The summed E-state index contributed by atoms with van der Waals surface area (Å²) in [5, 5.41) is 3.10. The van der Waals surface area contributed by atoms with Crippen LogP contribution >= 0.6 is 0 Å². The molecule has 156 valence electrons. The summed E-state index contributed by atoms with van der Waals surface area (Å²) in [5.41, 5.74) is 6.15. The molecule has 0 bridgehead atoms. The lowest BCUT2D eigenvalue weighted by molar-refractivity contribution is 0.0944.